The van der Waals surface area contributed by atoms with Gasteiger partial charge in [-0.05, 0) is 30.7 Å². The highest BCUT2D eigenvalue weighted by Crippen LogP contribution is 2.06. The van der Waals surface area contributed by atoms with Gasteiger partial charge in [0.15, 0.2) is 0 Å². The number of aliphatic carboxylic acids is 2. The van der Waals surface area contributed by atoms with Crippen molar-refractivity contribution in [2.24, 2.45) is 5.73 Å². The number of hydrogen-bond donors (Lipinski definition) is 4. The number of rotatable bonds is 7. The smallest absolute Gasteiger partial charge is 0.326 e. The van der Waals surface area contributed by atoms with Crippen LogP contribution in [0.25, 0.3) is 0 Å². The summed E-state index contributed by atoms with van der Waals surface area (Å²) in [6.45, 7) is 0.491. The van der Waals surface area contributed by atoms with Gasteiger partial charge in [0.1, 0.15) is 6.04 Å². The Morgan fingerprint density at radius 3 is 2.20 bits per heavy atom. The number of benzene rings is 1. The molecule has 1 amide bonds. The van der Waals surface area contributed by atoms with Crippen molar-refractivity contribution in [3.05, 3.63) is 35.4 Å². The lowest BCUT2D eigenvalue weighted by molar-refractivity contribution is -0.145. The summed E-state index contributed by atoms with van der Waals surface area (Å²) in [5, 5.41) is 19.6. The Hall–Kier alpha value is -2.41. The molecule has 1 aromatic carbocycles. The molecule has 108 valence electrons. The second-order valence-electron chi connectivity index (χ2n) is 4.20. The van der Waals surface area contributed by atoms with E-state index in [1.807, 2.05) is 0 Å². The van der Waals surface area contributed by atoms with Gasteiger partial charge in [-0.2, -0.15) is 0 Å². The third-order valence-corrected chi connectivity index (χ3v) is 2.63. The first kappa shape index (κ1) is 15.6. The van der Waals surface area contributed by atoms with Crippen LogP contribution in [0.3, 0.4) is 0 Å². The Morgan fingerprint density at radius 1 is 1.15 bits per heavy atom. The summed E-state index contributed by atoms with van der Waals surface area (Å²) >= 11 is 0. The lowest BCUT2D eigenvalue weighted by atomic mass is 10.1. The zero-order valence-corrected chi connectivity index (χ0v) is 10.7. The maximum Gasteiger partial charge on any atom is 0.326 e. The summed E-state index contributed by atoms with van der Waals surface area (Å²) in [7, 11) is 0. The summed E-state index contributed by atoms with van der Waals surface area (Å²) in [4.78, 5) is 33.2. The Morgan fingerprint density at radius 2 is 1.75 bits per heavy atom. The molecule has 1 unspecified atom stereocenters. The van der Waals surface area contributed by atoms with Crippen LogP contribution in [0.1, 0.15) is 22.3 Å². The van der Waals surface area contributed by atoms with E-state index in [-0.39, 0.29) is 5.56 Å². The van der Waals surface area contributed by atoms with Gasteiger partial charge >= 0.3 is 11.9 Å². The minimum atomic E-state index is -1.45. The molecule has 0 saturated carbocycles. The molecule has 0 radical (unpaired) electrons. The molecule has 7 nitrogen and oxygen atoms in total. The van der Waals surface area contributed by atoms with E-state index in [1.165, 1.54) is 0 Å². The van der Waals surface area contributed by atoms with E-state index in [2.05, 4.69) is 5.32 Å². The van der Waals surface area contributed by atoms with Crippen LogP contribution in [-0.2, 0) is 16.0 Å². The molecule has 1 aromatic rings. The molecule has 20 heavy (non-hydrogen) atoms. The van der Waals surface area contributed by atoms with Gasteiger partial charge in [0.25, 0.3) is 5.91 Å². The molecular weight excluding hydrogens is 264 g/mol. The van der Waals surface area contributed by atoms with Gasteiger partial charge in [-0.25, -0.2) is 4.79 Å². The molecule has 5 N–H and O–H groups in total. The van der Waals surface area contributed by atoms with Gasteiger partial charge in [-0.1, -0.05) is 12.1 Å². The SMILES string of the molecule is NCCc1ccc(C(=O)NC(CC(=O)O)C(=O)O)cc1. The van der Waals surface area contributed by atoms with Crippen LogP contribution in [-0.4, -0.2) is 40.6 Å². The van der Waals surface area contributed by atoms with E-state index in [0.29, 0.717) is 13.0 Å². The molecule has 0 aliphatic rings. The molecular formula is C13H16N2O5. The van der Waals surface area contributed by atoms with Crippen molar-refractivity contribution < 1.29 is 24.6 Å². The lowest BCUT2D eigenvalue weighted by Gasteiger charge is -2.12. The van der Waals surface area contributed by atoms with Crippen molar-refractivity contribution in [2.45, 2.75) is 18.9 Å². The van der Waals surface area contributed by atoms with Crippen molar-refractivity contribution in [3.8, 4) is 0 Å². The normalized spacial score (nSPS) is 11.7. The summed E-state index contributed by atoms with van der Waals surface area (Å²) < 4.78 is 0. The molecule has 0 aliphatic carbocycles. The number of amides is 1. The molecule has 0 aromatic heterocycles. The van der Waals surface area contributed by atoms with E-state index in [4.69, 9.17) is 15.9 Å². The minimum absolute atomic E-state index is 0.266. The average Bonchev–Trinajstić information content (AvgIpc) is 2.38. The van der Waals surface area contributed by atoms with Gasteiger partial charge in [0.05, 0.1) is 6.42 Å². The highest BCUT2D eigenvalue weighted by atomic mass is 16.4. The van der Waals surface area contributed by atoms with Gasteiger partial charge in [0, 0.05) is 5.56 Å². The van der Waals surface area contributed by atoms with Gasteiger partial charge < -0.3 is 21.3 Å². The lowest BCUT2D eigenvalue weighted by Crippen LogP contribution is -2.42. The molecule has 7 heteroatoms. The monoisotopic (exact) mass is 280 g/mol. The van der Waals surface area contributed by atoms with Crippen molar-refractivity contribution in [2.75, 3.05) is 6.54 Å². The first-order chi connectivity index (χ1) is 9.43. The highest BCUT2D eigenvalue weighted by Gasteiger charge is 2.23. The van der Waals surface area contributed by atoms with Crippen LogP contribution >= 0.6 is 0 Å². The molecule has 0 aliphatic heterocycles. The number of carboxylic acid groups (broad SMARTS) is 2. The van der Waals surface area contributed by atoms with Crippen LogP contribution in [0, 0.1) is 0 Å². The topological polar surface area (TPSA) is 130 Å². The largest absolute Gasteiger partial charge is 0.481 e. The first-order valence-electron chi connectivity index (χ1n) is 5.98. The second-order valence-corrected chi connectivity index (χ2v) is 4.20. The fraction of sp³-hybridized carbons (Fsp3) is 0.308. The first-order valence-corrected chi connectivity index (χ1v) is 5.98. The fourth-order valence-electron chi connectivity index (χ4n) is 1.61. The third kappa shape index (κ3) is 4.69. The quantitative estimate of drug-likeness (QED) is 0.549. The van der Waals surface area contributed by atoms with Gasteiger partial charge in [-0.3, -0.25) is 9.59 Å². The van der Waals surface area contributed by atoms with Crippen LogP contribution < -0.4 is 11.1 Å². The van der Waals surface area contributed by atoms with E-state index < -0.39 is 30.3 Å². The Balaban J connectivity index is 2.73. The number of carboxylic acids is 2. The van der Waals surface area contributed by atoms with E-state index in [9.17, 15) is 14.4 Å². The second kappa shape index (κ2) is 7.25. The molecule has 1 atom stereocenters. The van der Waals surface area contributed by atoms with Crippen LogP contribution in [0.15, 0.2) is 24.3 Å². The number of nitrogens with two attached hydrogens (primary N) is 1. The van der Waals surface area contributed by atoms with Crippen LogP contribution in [0.4, 0.5) is 0 Å². The Kier molecular flexibility index (Phi) is 5.67. The average molecular weight is 280 g/mol. The number of nitrogens with one attached hydrogen (secondary N) is 1. The highest BCUT2D eigenvalue weighted by molar-refractivity contribution is 5.97. The minimum Gasteiger partial charge on any atom is -0.481 e. The van der Waals surface area contributed by atoms with Gasteiger partial charge in [-0.15, -0.1) is 0 Å². The fourth-order valence-corrected chi connectivity index (χ4v) is 1.61. The number of hydrogen-bond acceptors (Lipinski definition) is 4. The number of carbonyl (C=O) groups excluding carboxylic acids is 1. The zero-order chi connectivity index (χ0) is 15.1. The standard InChI is InChI=1S/C13H16N2O5/c14-6-5-8-1-3-9(4-2-8)12(18)15-10(13(19)20)7-11(16)17/h1-4,10H,5-7,14H2,(H,15,18)(H,16,17)(H,19,20). The van der Waals surface area contributed by atoms with Crippen molar-refractivity contribution in [1.82, 2.24) is 5.32 Å². The number of carbonyl (C=O) groups is 3. The van der Waals surface area contributed by atoms with Crippen LogP contribution in [0.5, 0.6) is 0 Å². The molecule has 0 spiro atoms. The molecule has 0 heterocycles. The molecule has 0 saturated heterocycles. The van der Waals surface area contributed by atoms with E-state index in [1.54, 1.807) is 24.3 Å². The summed E-state index contributed by atoms with van der Waals surface area (Å²) in [6, 6.07) is 5.06. The summed E-state index contributed by atoms with van der Waals surface area (Å²) in [5.41, 5.74) is 6.63. The zero-order valence-electron chi connectivity index (χ0n) is 10.7. The third-order valence-electron chi connectivity index (χ3n) is 2.63. The maximum atomic E-state index is 11.8. The molecule has 1 rings (SSSR count). The summed E-state index contributed by atoms with van der Waals surface area (Å²) in [5.74, 6) is -3.31. The predicted octanol–water partition coefficient (Wildman–Crippen LogP) is -0.154. The van der Waals surface area contributed by atoms with Crippen molar-refractivity contribution >= 4 is 17.8 Å². The van der Waals surface area contributed by atoms with E-state index in [0.717, 1.165) is 5.56 Å². The summed E-state index contributed by atoms with van der Waals surface area (Å²) in [6.07, 6.45) is 0.00496. The Bertz CT molecular complexity index is 498. The van der Waals surface area contributed by atoms with Crippen molar-refractivity contribution in [1.29, 1.82) is 0 Å². The van der Waals surface area contributed by atoms with Crippen molar-refractivity contribution in [3.63, 3.8) is 0 Å². The van der Waals surface area contributed by atoms with E-state index >= 15 is 0 Å². The maximum absolute atomic E-state index is 11.8. The predicted molar refractivity (Wildman–Crippen MR) is 70.3 cm³/mol. The molecule has 0 fully saturated rings. The van der Waals surface area contributed by atoms with Gasteiger partial charge in [0.2, 0.25) is 0 Å². The Labute approximate surface area is 115 Å². The molecule has 0 bridgehead atoms. The van der Waals surface area contributed by atoms with Crippen LogP contribution in [0.2, 0.25) is 0 Å².